The summed E-state index contributed by atoms with van der Waals surface area (Å²) in [5.41, 5.74) is 1.69. The van der Waals surface area contributed by atoms with E-state index in [1.54, 1.807) is 0 Å². The number of benzene rings is 1. The van der Waals surface area contributed by atoms with E-state index in [9.17, 15) is 0 Å². The minimum absolute atomic E-state index is 0.415. The van der Waals surface area contributed by atoms with Gasteiger partial charge in [-0.3, -0.25) is 0 Å². The van der Waals surface area contributed by atoms with Gasteiger partial charge in [0.25, 0.3) is 0 Å². The normalized spacial score (nSPS) is 29.2. The molecule has 0 radical (unpaired) electrons. The van der Waals surface area contributed by atoms with E-state index in [0.29, 0.717) is 17.6 Å². The second kappa shape index (κ2) is 4.58. The molecular weight excluding hydrogens is 222 g/mol. The summed E-state index contributed by atoms with van der Waals surface area (Å²) >= 11 is 0. The Balaban J connectivity index is 1.74. The van der Waals surface area contributed by atoms with Crippen molar-refractivity contribution in [3.63, 3.8) is 0 Å². The third kappa shape index (κ3) is 1.83. The third-order valence-electron chi connectivity index (χ3n) is 4.94. The lowest BCUT2D eigenvalue weighted by Crippen LogP contribution is -2.63. The Morgan fingerprint density at radius 3 is 2.72 bits per heavy atom. The van der Waals surface area contributed by atoms with Crippen LogP contribution in [-0.2, 0) is 0 Å². The van der Waals surface area contributed by atoms with E-state index >= 15 is 0 Å². The van der Waals surface area contributed by atoms with Crippen molar-refractivity contribution in [2.75, 3.05) is 7.05 Å². The lowest BCUT2D eigenvalue weighted by atomic mass is 9.60. The van der Waals surface area contributed by atoms with E-state index in [1.807, 2.05) is 0 Å². The lowest BCUT2D eigenvalue weighted by molar-refractivity contribution is -0.0736. The molecule has 1 aromatic rings. The molecule has 2 fully saturated rings. The monoisotopic (exact) mass is 245 g/mol. The second-order valence-electron chi connectivity index (χ2n) is 5.94. The number of nitrogens with one attached hydrogen (secondary N) is 1. The highest BCUT2D eigenvalue weighted by molar-refractivity contribution is 5.28. The van der Waals surface area contributed by atoms with Crippen LogP contribution in [0.4, 0.5) is 0 Å². The van der Waals surface area contributed by atoms with Crippen molar-refractivity contribution in [3.8, 4) is 5.75 Å². The zero-order chi connectivity index (χ0) is 12.6. The quantitative estimate of drug-likeness (QED) is 0.882. The number of hydrogen-bond donors (Lipinski definition) is 1. The average molecular weight is 245 g/mol. The maximum absolute atomic E-state index is 6.26. The van der Waals surface area contributed by atoms with Gasteiger partial charge in [-0.2, -0.15) is 0 Å². The minimum atomic E-state index is 0.415. The Bertz CT molecular complexity index is 423. The van der Waals surface area contributed by atoms with Crippen molar-refractivity contribution in [1.82, 2.24) is 5.32 Å². The number of hydrogen-bond acceptors (Lipinski definition) is 2. The highest BCUT2D eigenvalue weighted by Gasteiger charge is 2.56. The van der Waals surface area contributed by atoms with Gasteiger partial charge in [0, 0.05) is 17.9 Å². The second-order valence-corrected chi connectivity index (χ2v) is 5.94. The molecule has 18 heavy (non-hydrogen) atoms. The van der Waals surface area contributed by atoms with Crippen molar-refractivity contribution in [2.45, 2.75) is 51.2 Å². The maximum atomic E-state index is 6.26. The molecule has 0 aromatic heterocycles. The van der Waals surface area contributed by atoms with E-state index in [1.165, 1.54) is 31.2 Å². The lowest BCUT2D eigenvalue weighted by Gasteiger charge is -2.53. The largest absolute Gasteiger partial charge is 0.490 e. The first-order chi connectivity index (χ1) is 8.74. The molecule has 0 aliphatic heterocycles. The Morgan fingerprint density at radius 2 is 2.06 bits per heavy atom. The molecule has 0 amide bonds. The van der Waals surface area contributed by atoms with Gasteiger partial charge in [-0.25, -0.2) is 0 Å². The summed E-state index contributed by atoms with van der Waals surface area (Å²) in [6, 6.07) is 9.10. The van der Waals surface area contributed by atoms with Gasteiger partial charge in [0.15, 0.2) is 0 Å². The molecule has 2 atom stereocenters. The smallest absolute Gasteiger partial charge is 0.120 e. The molecule has 0 heterocycles. The topological polar surface area (TPSA) is 21.3 Å². The van der Waals surface area contributed by atoms with Gasteiger partial charge in [-0.15, -0.1) is 0 Å². The van der Waals surface area contributed by atoms with Crippen LogP contribution in [0.15, 0.2) is 24.3 Å². The predicted molar refractivity (Wildman–Crippen MR) is 74.0 cm³/mol. The fourth-order valence-electron chi connectivity index (χ4n) is 3.87. The Labute approximate surface area is 110 Å². The maximum Gasteiger partial charge on any atom is 0.120 e. The number of rotatable bonds is 3. The van der Waals surface area contributed by atoms with Crippen LogP contribution in [0.2, 0.25) is 0 Å². The molecule has 2 unspecified atom stereocenters. The van der Waals surface area contributed by atoms with E-state index in [0.717, 1.165) is 12.2 Å². The highest BCUT2D eigenvalue weighted by Crippen LogP contribution is 2.54. The molecule has 1 spiro atoms. The predicted octanol–water partition coefficient (Wildman–Crippen LogP) is 3.29. The number of aryl methyl sites for hydroxylation is 1. The summed E-state index contributed by atoms with van der Waals surface area (Å²) in [4.78, 5) is 0. The standard InChI is InChI=1S/C16H23NO/c1-12-6-5-7-13(10-12)18-15-11-14(17-2)16(15)8-3-4-9-16/h5-7,10,14-15,17H,3-4,8-9,11H2,1-2H3. The molecule has 1 N–H and O–H groups in total. The molecule has 2 aliphatic carbocycles. The van der Waals surface area contributed by atoms with Gasteiger partial charge in [-0.05, 0) is 44.5 Å². The first-order valence-corrected chi connectivity index (χ1v) is 7.15. The molecule has 1 aromatic carbocycles. The molecule has 0 bridgehead atoms. The van der Waals surface area contributed by atoms with Crippen LogP contribution < -0.4 is 10.1 Å². The molecule has 2 aliphatic rings. The van der Waals surface area contributed by atoms with Gasteiger partial charge < -0.3 is 10.1 Å². The van der Waals surface area contributed by atoms with Crippen LogP contribution in [0.3, 0.4) is 0 Å². The van der Waals surface area contributed by atoms with Gasteiger partial charge in [-0.1, -0.05) is 25.0 Å². The van der Waals surface area contributed by atoms with Crippen molar-refractivity contribution >= 4 is 0 Å². The van der Waals surface area contributed by atoms with Crippen LogP contribution in [-0.4, -0.2) is 19.2 Å². The molecule has 98 valence electrons. The van der Waals surface area contributed by atoms with Crippen LogP contribution in [0.5, 0.6) is 5.75 Å². The summed E-state index contributed by atoms with van der Waals surface area (Å²) in [6.45, 7) is 2.12. The third-order valence-corrected chi connectivity index (χ3v) is 4.94. The van der Waals surface area contributed by atoms with Gasteiger partial charge in [0.1, 0.15) is 11.9 Å². The summed E-state index contributed by atoms with van der Waals surface area (Å²) in [7, 11) is 2.09. The summed E-state index contributed by atoms with van der Waals surface area (Å²) in [5.74, 6) is 1.04. The molecule has 2 saturated carbocycles. The van der Waals surface area contributed by atoms with Crippen LogP contribution in [0, 0.1) is 12.3 Å². The van der Waals surface area contributed by atoms with E-state index < -0.39 is 0 Å². The number of ether oxygens (including phenoxy) is 1. The summed E-state index contributed by atoms with van der Waals surface area (Å²) < 4.78 is 6.26. The average Bonchev–Trinajstić information content (AvgIpc) is 2.86. The van der Waals surface area contributed by atoms with Crippen molar-refractivity contribution in [2.24, 2.45) is 5.41 Å². The Morgan fingerprint density at radius 1 is 1.28 bits per heavy atom. The van der Waals surface area contributed by atoms with Crippen LogP contribution >= 0.6 is 0 Å². The van der Waals surface area contributed by atoms with Crippen LogP contribution in [0.1, 0.15) is 37.7 Å². The molecular formula is C16H23NO. The molecule has 0 saturated heterocycles. The minimum Gasteiger partial charge on any atom is -0.490 e. The highest BCUT2D eigenvalue weighted by atomic mass is 16.5. The van der Waals surface area contributed by atoms with Crippen molar-refractivity contribution in [1.29, 1.82) is 0 Å². The SMILES string of the molecule is CNC1CC(Oc2cccc(C)c2)C12CCCC2. The zero-order valence-corrected chi connectivity index (χ0v) is 11.4. The van der Waals surface area contributed by atoms with Crippen molar-refractivity contribution < 1.29 is 4.74 Å². The van der Waals surface area contributed by atoms with Gasteiger partial charge in [0.2, 0.25) is 0 Å². The fourth-order valence-corrected chi connectivity index (χ4v) is 3.87. The van der Waals surface area contributed by atoms with E-state index in [4.69, 9.17) is 4.74 Å². The fraction of sp³-hybridized carbons (Fsp3) is 0.625. The van der Waals surface area contributed by atoms with Crippen LogP contribution in [0.25, 0.3) is 0 Å². The molecule has 2 heteroatoms. The van der Waals surface area contributed by atoms with E-state index in [-0.39, 0.29) is 0 Å². The van der Waals surface area contributed by atoms with E-state index in [2.05, 4.69) is 43.6 Å². The first kappa shape index (κ1) is 12.0. The summed E-state index contributed by atoms with van der Waals surface area (Å²) in [5, 5.41) is 3.48. The van der Waals surface area contributed by atoms with Crippen molar-refractivity contribution in [3.05, 3.63) is 29.8 Å². The first-order valence-electron chi connectivity index (χ1n) is 7.15. The Kier molecular flexibility index (Phi) is 3.06. The van der Waals surface area contributed by atoms with Gasteiger partial charge in [0.05, 0.1) is 0 Å². The Hall–Kier alpha value is -1.02. The zero-order valence-electron chi connectivity index (χ0n) is 11.4. The summed E-state index contributed by atoms with van der Waals surface area (Å²) in [6.07, 6.45) is 6.96. The van der Waals surface area contributed by atoms with Gasteiger partial charge >= 0.3 is 0 Å². The molecule has 2 nitrogen and oxygen atoms in total. The molecule has 3 rings (SSSR count).